The maximum absolute atomic E-state index is 4.72. The lowest BCUT2D eigenvalue weighted by molar-refractivity contribution is 0.627. The van der Waals surface area contributed by atoms with Gasteiger partial charge in [-0.25, -0.2) is 9.67 Å². The molecule has 0 atom stereocenters. The van der Waals surface area contributed by atoms with Crippen LogP contribution in [0.15, 0.2) is 42.7 Å². The van der Waals surface area contributed by atoms with Crippen molar-refractivity contribution in [3.05, 3.63) is 54.1 Å². The molecule has 116 valence electrons. The van der Waals surface area contributed by atoms with Gasteiger partial charge < -0.3 is 10.3 Å². The molecule has 0 fully saturated rings. The molecule has 0 saturated carbocycles. The van der Waals surface area contributed by atoms with Gasteiger partial charge in [0.25, 0.3) is 0 Å². The largest absolute Gasteiger partial charge is 0.341 e. The first-order chi connectivity index (χ1) is 9.90. The molecular formula is C15H17Cl2N5. The summed E-state index contributed by atoms with van der Waals surface area (Å²) in [5.41, 5.74) is 4.52. The van der Waals surface area contributed by atoms with E-state index in [1.165, 1.54) is 11.4 Å². The smallest absolute Gasteiger partial charge is 0.137 e. The third kappa shape index (κ3) is 3.02. The molecule has 0 saturated heterocycles. The highest BCUT2D eigenvalue weighted by Gasteiger charge is 2.14. The molecule has 0 bridgehead atoms. The monoisotopic (exact) mass is 337 g/mol. The van der Waals surface area contributed by atoms with Gasteiger partial charge in [0.15, 0.2) is 0 Å². The number of hydrogen-bond acceptors (Lipinski definition) is 3. The van der Waals surface area contributed by atoms with Gasteiger partial charge in [-0.3, -0.25) is 0 Å². The van der Waals surface area contributed by atoms with Crippen molar-refractivity contribution in [2.24, 2.45) is 0 Å². The molecule has 0 amide bonds. The molecule has 2 aromatic heterocycles. The number of hydrogen-bond donors (Lipinski definition) is 2. The van der Waals surface area contributed by atoms with Crippen molar-refractivity contribution in [2.45, 2.75) is 13.0 Å². The van der Waals surface area contributed by atoms with Crippen LogP contribution in [0.2, 0.25) is 0 Å². The van der Waals surface area contributed by atoms with Crippen molar-refractivity contribution < 1.29 is 0 Å². The maximum atomic E-state index is 4.72. The zero-order valence-electron chi connectivity index (χ0n) is 11.8. The summed E-state index contributed by atoms with van der Waals surface area (Å²) in [6, 6.07) is 10.2. The van der Waals surface area contributed by atoms with Gasteiger partial charge in [-0.2, -0.15) is 5.10 Å². The van der Waals surface area contributed by atoms with Crippen molar-refractivity contribution in [3.63, 3.8) is 0 Å². The minimum Gasteiger partial charge on any atom is -0.341 e. The SMILES string of the molecule is Cl.Cl.c1cc(-c2nc3c([nH]2)CNCC3)cc(-n2cccn2)c1. The summed E-state index contributed by atoms with van der Waals surface area (Å²) in [7, 11) is 0. The highest BCUT2D eigenvalue weighted by Crippen LogP contribution is 2.22. The maximum Gasteiger partial charge on any atom is 0.137 e. The van der Waals surface area contributed by atoms with Crippen LogP contribution < -0.4 is 5.32 Å². The minimum absolute atomic E-state index is 0. The van der Waals surface area contributed by atoms with E-state index in [0.717, 1.165) is 36.6 Å². The van der Waals surface area contributed by atoms with E-state index in [4.69, 9.17) is 4.98 Å². The fourth-order valence-corrected chi connectivity index (χ4v) is 2.57. The van der Waals surface area contributed by atoms with E-state index in [-0.39, 0.29) is 24.8 Å². The number of benzene rings is 1. The molecule has 1 aliphatic heterocycles. The van der Waals surface area contributed by atoms with Crippen molar-refractivity contribution in [2.75, 3.05) is 6.54 Å². The van der Waals surface area contributed by atoms with Gasteiger partial charge in [-0.1, -0.05) is 12.1 Å². The van der Waals surface area contributed by atoms with Gasteiger partial charge in [-0.05, 0) is 18.2 Å². The summed E-state index contributed by atoms with van der Waals surface area (Å²) in [5, 5.41) is 7.62. The minimum atomic E-state index is 0. The standard InChI is InChI=1S/C15H15N5.2ClH/c1-3-11(9-12(4-1)20-8-2-6-17-20)15-18-13-5-7-16-10-14(13)19-15;;/h1-4,6,8-9,16H,5,7,10H2,(H,18,19);2*1H. The van der Waals surface area contributed by atoms with Crippen LogP contribution in [-0.2, 0) is 13.0 Å². The molecule has 3 heterocycles. The van der Waals surface area contributed by atoms with Crippen LogP contribution in [-0.4, -0.2) is 26.3 Å². The zero-order chi connectivity index (χ0) is 13.4. The lowest BCUT2D eigenvalue weighted by atomic mass is 10.2. The molecule has 1 aliphatic rings. The number of rotatable bonds is 2. The predicted octanol–water partition coefficient (Wildman–Crippen LogP) is 2.75. The first-order valence-electron chi connectivity index (χ1n) is 6.79. The molecule has 5 nitrogen and oxygen atoms in total. The Morgan fingerprint density at radius 2 is 2.05 bits per heavy atom. The van der Waals surface area contributed by atoms with E-state index in [1.807, 2.05) is 29.1 Å². The number of nitrogens with one attached hydrogen (secondary N) is 2. The average Bonchev–Trinajstić information content (AvgIpc) is 3.16. The quantitative estimate of drug-likeness (QED) is 0.755. The Hall–Kier alpha value is -1.82. The number of aromatic nitrogens is 4. The van der Waals surface area contributed by atoms with E-state index in [0.29, 0.717) is 0 Å². The third-order valence-electron chi connectivity index (χ3n) is 3.59. The third-order valence-corrected chi connectivity index (χ3v) is 3.59. The molecule has 1 aromatic carbocycles. The van der Waals surface area contributed by atoms with Crippen LogP contribution in [0.1, 0.15) is 11.4 Å². The first kappa shape index (κ1) is 16.5. The Bertz CT molecular complexity index is 713. The van der Waals surface area contributed by atoms with E-state index >= 15 is 0 Å². The fraction of sp³-hybridized carbons (Fsp3) is 0.200. The van der Waals surface area contributed by atoms with Crippen LogP contribution in [0.25, 0.3) is 17.1 Å². The van der Waals surface area contributed by atoms with Crippen molar-refractivity contribution in [1.82, 2.24) is 25.1 Å². The summed E-state index contributed by atoms with van der Waals surface area (Å²) in [5.74, 6) is 0.938. The van der Waals surface area contributed by atoms with Gasteiger partial charge in [0.05, 0.1) is 17.1 Å². The van der Waals surface area contributed by atoms with Gasteiger partial charge in [0.2, 0.25) is 0 Å². The van der Waals surface area contributed by atoms with Crippen LogP contribution in [0, 0.1) is 0 Å². The Balaban J connectivity index is 0.000000882. The molecule has 2 N–H and O–H groups in total. The number of aromatic amines is 1. The lowest BCUT2D eigenvalue weighted by Gasteiger charge is -2.09. The molecule has 4 rings (SSSR count). The van der Waals surface area contributed by atoms with Crippen LogP contribution >= 0.6 is 24.8 Å². The first-order valence-corrected chi connectivity index (χ1v) is 6.79. The molecular weight excluding hydrogens is 321 g/mol. The molecule has 0 spiro atoms. The predicted molar refractivity (Wildman–Crippen MR) is 91.1 cm³/mol. The summed E-state index contributed by atoms with van der Waals surface area (Å²) >= 11 is 0. The van der Waals surface area contributed by atoms with Gasteiger partial charge in [0.1, 0.15) is 5.82 Å². The fourth-order valence-electron chi connectivity index (χ4n) is 2.57. The second-order valence-corrected chi connectivity index (χ2v) is 4.94. The number of H-pyrrole nitrogens is 1. The van der Waals surface area contributed by atoms with Gasteiger partial charge in [-0.15, -0.1) is 24.8 Å². The highest BCUT2D eigenvalue weighted by molar-refractivity contribution is 5.85. The van der Waals surface area contributed by atoms with E-state index in [1.54, 1.807) is 6.20 Å². The van der Waals surface area contributed by atoms with E-state index in [9.17, 15) is 0 Å². The van der Waals surface area contributed by atoms with Crippen LogP contribution in [0.4, 0.5) is 0 Å². The molecule has 3 aromatic rings. The Kier molecular flexibility index (Phi) is 5.24. The molecule has 0 aliphatic carbocycles. The van der Waals surface area contributed by atoms with Crippen LogP contribution in [0.3, 0.4) is 0 Å². The Labute approximate surface area is 141 Å². The molecule has 22 heavy (non-hydrogen) atoms. The second kappa shape index (κ2) is 6.96. The number of fused-ring (bicyclic) bond motifs is 1. The average molecular weight is 338 g/mol. The van der Waals surface area contributed by atoms with E-state index in [2.05, 4.69) is 27.5 Å². The van der Waals surface area contributed by atoms with Crippen molar-refractivity contribution in [3.8, 4) is 17.1 Å². The summed E-state index contributed by atoms with van der Waals surface area (Å²) < 4.78 is 1.86. The number of halogens is 2. The highest BCUT2D eigenvalue weighted by atomic mass is 35.5. The van der Waals surface area contributed by atoms with Crippen LogP contribution in [0.5, 0.6) is 0 Å². The summed E-state index contributed by atoms with van der Waals surface area (Å²) in [6.07, 6.45) is 4.71. The van der Waals surface area contributed by atoms with E-state index < -0.39 is 0 Å². The van der Waals surface area contributed by atoms with Gasteiger partial charge >= 0.3 is 0 Å². The Morgan fingerprint density at radius 3 is 2.82 bits per heavy atom. The summed E-state index contributed by atoms with van der Waals surface area (Å²) in [4.78, 5) is 8.14. The second-order valence-electron chi connectivity index (χ2n) is 4.94. The van der Waals surface area contributed by atoms with Gasteiger partial charge in [0, 0.05) is 37.5 Å². The summed E-state index contributed by atoms with van der Waals surface area (Å²) in [6.45, 7) is 1.88. The molecule has 7 heteroatoms. The zero-order valence-corrected chi connectivity index (χ0v) is 13.5. The molecule has 0 unspecified atom stereocenters. The molecule has 0 radical (unpaired) electrons. The lowest BCUT2D eigenvalue weighted by Crippen LogP contribution is -2.23. The van der Waals surface area contributed by atoms with Crippen molar-refractivity contribution >= 4 is 24.8 Å². The topological polar surface area (TPSA) is 58.5 Å². The number of imidazole rings is 1. The normalized spacial score (nSPS) is 12.9. The van der Waals surface area contributed by atoms with Crippen molar-refractivity contribution in [1.29, 1.82) is 0 Å². The Morgan fingerprint density at radius 1 is 1.14 bits per heavy atom. The number of nitrogens with zero attached hydrogens (tertiary/aromatic N) is 3.